The number of esters is 1. The predicted octanol–water partition coefficient (Wildman–Crippen LogP) is 2.26. The van der Waals surface area contributed by atoms with E-state index in [0.29, 0.717) is 18.1 Å². The topological polar surface area (TPSA) is 108 Å². The highest BCUT2D eigenvalue weighted by Gasteiger charge is 2.32. The normalized spacial score (nSPS) is 11.6. The molecule has 2 heterocycles. The second-order valence-corrected chi connectivity index (χ2v) is 7.67. The van der Waals surface area contributed by atoms with Gasteiger partial charge in [0.05, 0.1) is 0 Å². The van der Waals surface area contributed by atoms with Gasteiger partial charge in [0.2, 0.25) is 0 Å². The van der Waals surface area contributed by atoms with Crippen LogP contribution in [-0.2, 0) is 29.7 Å². The van der Waals surface area contributed by atoms with Crippen LogP contribution in [0, 0.1) is 5.82 Å². The Kier molecular flexibility index (Phi) is 6.28. The number of halogens is 1. The molecule has 0 saturated heterocycles. The van der Waals surface area contributed by atoms with Gasteiger partial charge in [0.25, 0.3) is 5.56 Å². The number of ether oxygens (including phenoxy) is 2. The number of hydrogen-bond acceptors (Lipinski definition) is 6. The maximum atomic E-state index is 13.1. The number of carbonyl (C=O) groups excluding carboxylic acids is 1. The minimum absolute atomic E-state index is 0.221. The van der Waals surface area contributed by atoms with Gasteiger partial charge in [0.1, 0.15) is 24.0 Å². The van der Waals surface area contributed by atoms with Crippen LogP contribution in [0.4, 0.5) is 4.39 Å². The van der Waals surface area contributed by atoms with Gasteiger partial charge < -0.3 is 14.0 Å². The fraction of sp³-hybridized carbons (Fsp3) is 0.429. The molecule has 3 aromatic rings. The lowest BCUT2D eigenvalue weighted by Crippen LogP contribution is -2.39. The number of imidazole rings is 1. The van der Waals surface area contributed by atoms with E-state index in [9.17, 15) is 18.8 Å². The number of unbranched alkanes of at least 4 members (excludes halogenated alkanes) is 1. The summed E-state index contributed by atoms with van der Waals surface area (Å²) in [5.41, 5.74) is -1.95. The Morgan fingerprint density at radius 1 is 1.23 bits per heavy atom. The minimum atomic E-state index is -1.34. The molecule has 0 aliphatic rings. The number of carbonyl (C=O) groups is 1. The van der Waals surface area contributed by atoms with Crippen LogP contribution in [0.25, 0.3) is 11.2 Å². The average Bonchev–Trinajstić information content (AvgIpc) is 3.04. The SMILES string of the molecule is CCCCn1c(=O)[nH]c(=O)c2c1nc(COC(=O)C(C)(C)Oc1ccc(F)cc1)n2C. The number of nitrogens with one attached hydrogen (secondary N) is 1. The number of aromatic amines is 1. The quantitative estimate of drug-likeness (QED) is 0.547. The molecule has 0 bridgehead atoms. The zero-order valence-corrected chi connectivity index (χ0v) is 17.9. The van der Waals surface area contributed by atoms with Crippen LogP contribution in [-0.4, -0.2) is 30.7 Å². The van der Waals surface area contributed by atoms with Crippen LogP contribution in [0.1, 0.15) is 39.4 Å². The Labute approximate surface area is 177 Å². The van der Waals surface area contributed by atoms with Gasteiger partial charge >= 0.3 is 11.7 Å². The van der Waals surface area contributed by atoms with Crippen molar-refractivity contribution in [2.24, 2.45) is 7.05 Å². The molecule has 10 heteroatoms. The highest BCUT2D eigenvalue weighted by molar-refractivity contribution is 5.79. The van der Waals surface area contributed by atoms with Gasteiger partial charge in [-0.25, -0.2) is 19.0 Å². The fourth-order valence-corrected chi connectivity index (χ4v) is 3.09. The van der Waals surface area contributed by atoms with Crippen LogP contribution in [0.5, 0.6) is 5.75 Å². The van der Waals surface area contributed by atoms with Crippen LogP contribution in [0.2, 0.25) is 0 Å². The third-order valence-corrected chi connectivity index (χ3v) is 4.85. The average molecular weight is 432 g/mol. The molecule has 0 radical (unpaired) electrons. The number of hydrogen-bond donors (Lipinski definition) is 1. The first-order chi connectivity index (χ1) is 14.6. The number of rotatable bonds is 8. The molecule has 0 fully saturated rings. The van der Waals surface area contributed by atoms with Crippen LogP contribution in [0.3, 0.4) is 0 Å². The monoisotopic (exact) mass is 432 g/mol. The van der Waals surface area contributed by atoms with E-state index in [1.54, 1.807) is 7.05 Å². The van der Waals surface area contributed by atoms with Gasteiger partial charge in [-0.05, 0) is 44.5 Å². The molecular formula is C21H25FN4O5. The first-order valence-electron chi connectivity index (χ1n) is 9.94. The highest BCUT2D eigenvalue weighted by atomic mass is 19.1. The third-order valence-electron chi connectivity index (χ3n) is 4.85. The molecule has 0 aliphatic heterocycles. The highest BCUT2D eigenvalue weighted by Crippen LogP contribution is 2.21. The largest absolute Gasteiger partial charge is 0.476 e. The summed E-state index contributed by atoms with van der Waals surface area (Å²) < 4.78 is 27.0. The summed E-state index contributed by atoms with van der Waals surface area (Å²) in [5, 5.41) is 0. The molecule has 1 N–H and O–H groups in total. The van der Waals surface area contributed by atoms with E-state index in [0.717, 1.165) is 12.8 Å². The van der Waals surface area contributed by atoms with Crippen molar-refractivity contribution >= 4 is 17.1 Å². The molecule has 0 saturated carbocycles. The number of benzene rings is 1. The Morgan fingerprint density at radius 3 is 2.55 bits per heavy atom. The summed E-state index contributed by atoms with van der Waals surface area (Å²) >= 11 is 0. The van der Waals surface area contributed by atoms with Crippen molar-refractivity contribution in [1.82, 2.24) is 19.1 Å². The Hall–Kier alpha value is -3.43. The summed E-state index contributed by atoms with van der Waals surface area (Å²) in [7, 11) is 1.61. The van der Waals surface area contributed by atoms with E-state index in [2.05, 4.69) is 9.97 Å². The van der Waals surface area contributed by atoms with Crippen molar-refractivity contribution in [3.8, 4) is 5.75 Å². The standard InChI is InChI=1S/C21H25FN4O5/c1-5-6-11-26-17-16(18(27)24-20(26)29)25(4)15(23-17)12-30-19(28)21(2,3)31-14-9-7-13(22)8-10-14/h7-10H,5-6,11-12H2,1-4H3,(H,24,27,29). The van der Waals surface area contributed by atoms with E-state index in [1.165, 1.54) is 47.2 Å². The van der Waals surface area contributed by atoms with Crippen molar-refractivity contribution in [1.29, 1.82) is 0 Å². The molecular weight excluding hydrogens is 407 g/mol. The lowest BCUT2D eigenvalue weighted by Gasteiger charge is -2.24. The lowest BCUT2D eigenvalue weighted by atomic mass is 10.1. The van der Waals surface area contributed by atoms with Gasteiger partial charge in [-0.1, -0.05) is 13.3 Å². The summed E-state index contributed by atoms with van der Waals surface area (Å²) in [4.78, 5) is 43.8. The Morgan fingerprint density at radius 2 is 1.90 bits per heavy atom. The van der Waals surface area contributed by atoms with Gasteiger partial charge in [-0.15, -0.1) is 0 Å². The van der Waals surface area contributed by atoms with E-state index >= 15 is 0 Å². The third kappa shape index (κ3) is 4.68. The first kappa shape index (κ1) is 22.3. The van der Waals surface area contributed by atoms with Gasteiger partial charge in [-0.2, -0.15) is 0 Å². The van der Waals surface area contributed by atoms with Gasteiger partial charge in [-0.3, -0.25) is 14.3 Å². The Balaban J connectivity index is 1.81. The molecule has 166 valence electrons. The molecule has 0 unspecified atom stereocenters. The van der Waals surface area contributed by atoms with E-state index in [1.807, 2.05) is 6.92 Å². The smallest absolute Gasteiger partial charge is 0.350 e. The molecule has 2 aromatic heterocycles. The van der Waals surface area contributed by atoms with Gasteiger partial charge in [0, 0.05) is 13.6 Å². The van der Waals surface area contributed by atoms with Crippen molar-refractivity contribution in [2.45, 2.75) is 52.4 Å². The summed E-state index contributed by atoms with van der Waals surface area (Å²) in [6.45, 7) is 5.24. The zero-order valence-electron chi connectivity index (χ0n) is 17.9. The van der Waals surface area contributed by atoms with E-state index in [4.69, 9.17) is 9.47 Å². The molecule has 31 heavy (non-hydrogen) atoms. The zero-order chi connectivity index (χ0) is 22.8. The second-order valence-electron chi connectivity index (χ2n) is 7.67. The predicted molar refractivity (Wildman–Crippen MR) is 111 cm³/mol. The van der Waals surface area contributed by atoms with Gasteiger partial charge in [0.15, 0.2) is 16.8 Å². The summed E-state index contributed by atoms with van der Waals surface area (Å²) in [6.07, 6.45) is 1.62. The molecule has 1 aromatic carbocycles. The number of aromatic nitrogens is 4. The number of nitrogens with zero attached hydrogens (tertiary/aromatic N) is 3. The summed E-state index contributed by atoms with van der Waals surface area (Å²) in [5.74, 6) is -0.456. The molecule has 0 spiro atoms. The van der Waals surface area contributed by atoms with Crippen molar-refractivity contribution in [3.05, 3.63) is 56.7 Å². The van der Waals surface area contributed by atoms with Crippen molar-refractivity contribution in [3.63, 3.8) is 0 Å². The van der Waals surface area contributed by atoms with Crippen LogP contribution < -0.4 is 16.0 Å². The van der Waals surface area contributed by atoms with Crippen molar-refractivity contribution < 1.29 is 18.7 Å². The molecule has 9 nitrogen and oxygen atoms in total. The second kappa shape index (κ2) is 8.75. The molecule has 0 atom stereocenters. The molecule has 0 aliphatic carbocycles. The van der Waals surface area contributed by atoms with Crippen LogP contribution >= 0.6 is 0 Å². The first-order valence-corrected chi connectivity index (χ1v) is 9.94. The minimum Gasteiger partial charge on any atom is -0.476 e. The maximum absolute atomic E-state index is 13.1. The number of fused-ring (bicyclic) bond motifs is 1. The molecule has 0 amide bonds. The number of aryl methyl sites for hydroxylation is 2. The molecule has 3 rings (SSSR count). The lowest BCUT2D eigenvalue weighted by molar-refractivity contribution is -0.161. The van der Waals surface area contributed by atoms with Crippen molar-refractivity contribution in [2.75, 3.05) is 0 Å². The fourth-order valence-electron chi connectivity index (χ4n) is 3.09. The van der Waals surface area contributed by atoms with E-state index < -0.39 is 28.6 Å². The Bertz CT molecular complexity index is 1210. The van der Waals surface area contributed by atoms with Crippen LogP contribution in [0.15, 0.2) is 33.9 Å². The maximum Gasteiger partial charge on any atom is 0.350 e. The van der Waals surface area contributed by atoms with E-state index in [-0.39, 0.29) is 17.8 Å². The summed E-state index contributed by atoms with van der Waals surface area (Å²) in [6, 6.07) is 5.28. The number of H-pyrrole nitrogens is 1.